The number of hydrogen-bond donors (Lipinski definition) is 0. The maximum Gasteiger partial charge on any atom is 0.126 e. The summed E-state index contributed by atoms with van der Waals surface area (Å²) in [7, 11) is 0. The fourth-order valence-corrected chi connectivity index (χ4v) is 3.90. The molecule has 0 spiro atoms. The van der Waals surface area contributed by atoms with Crippen LogP contribution in [0.2, 0.25) is 0 Å². The van der Waals surface area contributed by atoms with Gasteiger partial charge in [0.2, 0.25) is 0 Å². The summed E-state index contributed by atoms with van der Waals surface area (Å²) in [6, 6.07) is 12.0. The smallest absolute Gasteiger partial charge is 0.126 e. The van der Waals surface area contributed by atoms with Gasteiger partial charge in [-0.2, -0.15) is 0 Å². The molecule has 0 amide bonds. The van der Waals surface area contributed by atoms with E-state index in [1.807, 2.05) is 24.8 Å². The van der Waals surface area contributed by atoms with Gasteiger partial charge in [0.15, 0.2) is 0 Å². The van der Waals surface area contributed by atoms with Crippen molar-refractivity contribution >= 4 is 11.8 Å². The lowest BCUT2D eigenvalue weighted by Crippen LogP contribution is -2.02. The third-order valence-electron chi connectivity index (χ3n) is 3.79. The molecule has 0 aliphatic carbocycles. The van der Waals surface area contributed by atoms with E-state index in [0.29, 0.717) is 5.92 Å². The summed E-state index contributed by atoms with van der Waals surface area (Å²) in [5.74, 6) is 1.11. The van der Waals surface area contributed by atoms with Crippen molar-refractivity contribution in [1.82, 2.24) is 0 Å². The van der Waals surface area contributed by atoms with E-state index in [1.54, 1.807) is 6.07 Å². The molecule has 0 radical (unpaired) electrons. The average Bonchev–Trinajstić information content (AvgIpc) is 2.53. The van der Waals surface area contributed by atoms with Gasteiger partial charge in [-0.05, 0) is 41.3 Å². The van der Waals surface area contributed by atoms with Crippen LogP contribution in [0.4, 0.5) is 4.39 Å². The fraction of sp³-hybridized carbons (Fsp3) is 0.250. The third kappa shape index (κ3) is 1.76. The van der Waals surface area contributed by atoms with E-state index < -0.39 is 0 Å². The quantitative estimate of drug-likeness (QED) is 0.648. The summed E-state index contributed by atoms with van der Waals surface area (Å²) in [6.45, 7) is 4.10. The second-order valence-electron chi connectivity index (χ2n) is 4.79. The molecule has 1 aliphatic rings. The molecule has 2 heteroatoms. The Bertz CT molecular complexity index is 604. The standard InChI is InChI=1S/C16H15FS/c1-10-12-7-8-15(17)11(2)14(12)9-18-16-6-4-3-5-13(10)16/h3-8,10H,9H2,1-2H3/t10-/m0/s1. The van der Waals surface area contributed by atoms with Crippen molar-refractivity contribution in [1.29, 1.82) is 0 Å². The van der Waals surface area contributed by atoms with Crippen LogP contribution in [-0.2, 0) is 5.75 Å². The highest BCUT2D eigenvalue weighted by Crippen LogP contribution is 2.41. The van der Waals surface area contributed by atoms with Crippen LogP contribution in [0.3, 0.4) is 0 Å². The summed E-state index contributed by atoms with van der Waals surface area (Å²) in [4.78, 5) is 1.32. The minimum atomic E-state index is -0.0903. The summed E-state index contributed by atoms with van der Waals surface area (Å²) in [5.41, 5.74) is 4.60. The van der Waals surface area contributed by atoms with E-state index in [4.69, 9.17) is 0 Å². The molecule has 0 fully saturated rings. The van der Waals surface area contributed by atoms with Crippen molar-refractivity contribution < 1.29 is 4.39 Å². The zero-order valence-electron chi connectivity index (χ0n) is 10.5. The number of benzene rings is 2. The first-order chi connectivity index (χ1) is 8.68. The lowest BCUT2D eigenvalue weighted by molar-refractivity contribution is 0.615. The molecular formula is C16H15FS. The van der Waals surface area contributed by atoms with Gasteiger partial charge in [0.05, 0.1) is 0 Å². The molecule has 0 aromatic heterocycles. The first kappa shape index (κ1) is 11.8. The van der Waals surface area contributed by atoms with E-state index in [-0.39, 0.29) is 5.82 Å². The van der Waals surface area contributed by atoms with E-state index in [9.17, 15) is 4.39 Å². The molecule has 1 aliphatic heterocycles. The molecule has 3 rings (SSSR count). The molecule has 18 heavy (non-hydrogen) atoms. The lowest BCUT2D eigenvalue weighted by Gasteiger charge is -2.16. The second-order valence-corrected chi connectivity index (χ2v) is 5.81. The van der Waals surface area contributed by atoms with Crippen LogP contribution in [0.15, 0.2) is 41.3 Å². The van der Waals surface area contributed by atoms with E-state index in [0.717, 1.165) is 11.3 Å². The summed E-state index contributed by atoms with van der Waals surface area (Å²) in [6.07, 6.45) is 0. The van der Waals surface area contributed by atoms with Gasteiger partial charge in [-0.3, -0.25) is 0 Å². The van der Waals surface area contributed by atoms with Gasteiger partial charge in [0.1, 0.15) is 5.82 Å². The highest BCUT2D eigenvalue weighted by molar-refractivity contribution is 7.98. The zero-order chi connectivity index (χ0) is 12.7. The van der Waals surface area contributed by atoms with Gasteiger partial charge < -0.3 is 0 Å². The normalized spacial score (nSPS) is 17.8. The summed E-state index contributed by atoms with van der Waals surface area (Å²) < 4.78 is 13.7. The van der Waals surface area contributed by atoms with Crippen molar-refractivity contribution in [3.05, 3.63) is 64.5 Å². The van der Waals surface area contributed by atoms with Crippen LogP contribution < -0.4 is 0 Å². The molecule has 0 nitrogen and oxygen atoms in total. The predicted molar refractivity (Wildman–Crippen MR) is 74.7 cm³/mol. The van der Waals surface area contributed by atoms with Gasteiger partial charge in [-0.1, -0.05) is 31.2 Å². The number of thioether (sulfide) groups is 1. The average molecular weight is 258 g/mol. The minimum Gasteiger partial charge on any atom is -0.207 e. The first-order valence-electron chi connectivity index (χ1n) is 6.18. The number of halogens is 1. The fourth-order valence-electron chi connectivity index (χ4n) is 2.63. The largest absolute Gasteiger partial charge is 0.207 e. The van der Waals surface area contributed by atoms with E-state index in [2.05, 4.69) is 31.2 Å². The molecule has 92 valence electrons. The molecule has 2 aromatic rings. The molecule has 1 heterocycles. The van der Waals surface area contributed by atoms with Crippen LogP contribution >= 0.6 is 11.8 Å². The Labute approximate surface area is 111 Å². The summed E-state index contributed by atoms with van der Waals surface area (Å²) >= 11 is 1.81. The molecule has 0 saturated carbocycles. The Hall–Kier alpha value is -1.28. The van der Waals surface area contributed by atoms with Crippen molar-refractivity contribution in [3.8, 4) is 0 Å². The molecule has 2 aromatic carbocycles. The zero-order valence-corrected chi connectivity index (χ0v) is 11.4. The van der Waals surface area contributed by atoms with Gasteiger partial charge in [0.25, 0.3) is 0 Å². The van der Waals surface area contributed by atoms with Crippen LogP contribution in [0.5, 0.6) is 0 Å². The molecule has 0 saturated heterocycles. The number of rotatable bonds is 0. The SMILES string of the molecule is Cc1c(F)ccc2c1CSc1ccccc1[C@H]2C. The van der Waals surface area contributed by atoms with E-state index >= 15 is 0 Å². The third-order valence-corrected chi connectivity index (χ3v) is 4.91. The first-order valence-corrected chi connectivity index (χ1v) is 7.16. The molecule has 0 bridgehead atoms. The molecule has 0 unspecified atom stereocenters. The molecule has 0 N–H and O–H groups in total. The van der Waals surface area contributed by atoms with Crippen LogP contribution in [-0.4, -0.2) is 0 Å². The van der Waals surface area contributed by atoms with Crippen molar-refractivity contribution in [2.45, 2.75) is 30.4 Å². The van der Waals surface area contributed by atoms with Crippen molar-refractivity contribution in [3.63, 3.8) is 0 Å². The highest BCUT2D eigenvalue weighted by atomic mass is 32.2. The monoisotopic (exact) mass is 258 g/mol. The van der Waals surface area contributed by atoms with Gasteiger partial charge in [-0.25, -0.2) is 4.39 Å². The van der Waals surface area contributed by atoms with Crippen LogP contribution in [0, 0.1) is 12.7 Å². The van der Waals surface area contributed by atoms with Crippen molar-refractivity contribution in [2.24, 2.45) is 0 Å². The van der Waals surface area contributed by atoms with Crippen LogP contribution in [0.1, 0.15) is 35.1 Å². The molecule has 1 atom stereocenters. The Morgan fingerprint density at radius 2 is 1.89 bits per heavy atom. The molecular weight excluding hydrogens is 243 g/mol. The number of hydrogen-bond acceptors (Lipinski definition) is 1. The lowest BCUT2D eigenvalue weighted by atomic mass is 9.88. The Morgan fingerprint density at radius 3 is 2.72 bits per heavy atom. The second kappa shape index (κ2) is 4.43. The van der Waals surface area contributed by atoms with Gasteiger partial charge >= 0.3 is 0 Å². The number of fused-ring (bicyclic) bond motifs is 2. The Kier molecular flexibility index (Phi) is 2.90. The summed E-state index contributed by atoms with van der Waals surface area (Å²) in [5, 5.41) is 0. The Morgan fingerprint density at radius 1 is 1.11 bits per heavy atom. The predicted octanol–water partition coefficient (Wildman–Crippen LogP) is 4.89. The van der Waals surface area contributed by atoms with Crippen LogP contribution in [0.25, 0.3) is 0 Å². The van der Waals surface area contributed by atoms with Gasteiger partial charge in [-0.15, -0.1) is 11.8 Å². The van der Waals surface area contributed by atoms with E-state index in [1.165, 1.54) is 21.6 Å². The Balaban J connectivity index is 2.21. The highest BCUT2D eigenvalue weighted by Gasteiger charge is 2.22. The topological polar surface area (TPSA) is 0 Å². The minimum absolute atomic E-state index is 0.0903. The van der Waals surface area contributed by atoms with Crippen molar-refractivity contribution in [2.75, 3.05) is 0 Å². The maximum atomic E-state index is 13.7. The maximum absolute atomic E-state index is 13.7. The van der Waals surface area contributed by atoms with Gasteiger partial charge in [0, 0.05) is 16.6 Å².